The number of nitrogens with zero attached hydrogens (tertiary/aromatic N) is 2. The van der Waals surface area contributed by atoms with E-state index < -0.39 is 0 Å². The van der Waals surface area contributed by atoms with Crippen LogP contribution in [0.3, 0.4) is 0 Å². The summed E-state index contributed by atoms with van der Waals surface area (Å²) in [5.41, 5.74) is 7.17. The van der Waals surface area contributed by atoms with Gasteiger partial charge in [0.15, 0.2) is 0 Å². The Morgan fingerprint density at radius 2 is 2.13 bits per heavy atom. The molecule has 0 aliphatic rings. The Hall–Kier alpha value is -1.19. The van der Waals surface area contributed by atoms with Crippen molar-refractivity contribution >= 4 is 29.7 Å². The summed E-state index contributed by atoms with van der Waals surface area (Å²) in [5.74, 6) is 0.900. The Balaban J connectivity index is 0.00000112. The van der Waals surface area contributed by atoms with Crippen molar-refractivity contribution in [1.29, 1.82) is 0 Å². The van der Waals surface area contributed by atoms with Gasteiger partial charge in [-0.05, 0) is 25.1 Å². The molecule has 1 aromatic heterocycles. The highest BCUT2D eigenvalue weighted by Crippen LogP contribution is 2.23. The number of benzene rings is 1. The highest BCUT2D eigenvalue weighted by atomic mass is 35.5. The van der Waals surface area contributed by atoms with Gasteiger partial charge in [-0.3, -0.25) is 0 Å². The normalized spacial score (nSPS) is 9.73. The number of imidazole rings is 1. The van der Waals surface area contributed by atoms with Crippen LogP contribution >= 0.6 is 24.0 Å². The highest BCUT2D eigenvalue weighted by Gasteiger charge is 2.04. The SMILES string of the molecule is Cc1nccn1-c1ccc(N)cc1Cl.Cl. The van der Waals surface area contributed by atoms with E-state index in [1.165, 1.54) is 0 Å². The van der Waals surface area contributed by atoms with Gasteiger partial charge >= 0.3 is 0 Å². The van der Waals surface area contributed by atoms with E-state index in [1.54, 1.807) is 12.3 Å². The largest absolute Gasteiger partial charge is 0.399 e. The zero-order chi connectivity index (χ0) is 10.1. The smallest absolute Gasteiger partial charge is 0.110 e. The Morgan fingerprint density at radius 3 is 2.67 bits per heavy atom. The number of rotatable bonds is 1. The molecule has 2 N–H and O–H groups in total. The van der Waals surface area contributed by atoms with Gasteiger partial charge in [0.2, 0.25) is 0 Å². The Labute approximate surface area is 99.3 Å². The molecule has 5 heteroatoms. The van der Waals surface area contributed by atoms with Gasteiger partial charge in [-0.2, -0.15) is 0 Å². The van der Waals surface area contributed by atoms with E-state index in [2.05, 4.69) is 4.98 Å². The maximum Gasteiger partial charge on any atom is 0.110 e. The lowest BCUT2D eigenvalue weighted by Crippen LogP contribution is -1.97. The summed E-state index contributed by atoms with van der Waals surface area (Å²) >= 11 is 6.06. The van der Waals surface area contributed by atoms with Crippen molar-refractivity contribution < 1.29 is 0 Å². The van der Waals surface area contributed by atoms with E-state index in [-0.39, 0.29) is 12.4 Å². The number of aromatic nitrogens is 2. The number of aryl methyl sites for hydroxylation is 1. The van der Waals surface area contributed by atoms with Crippen LogP contribution < -0.4 is 5.73 Å². The van der Waals surface area contributed by atoms with Crippen LogP contribution in [0, 0.1) is 6.92 Å². The standard InChI is InChI=1S/C10H10ClN3.ClH/c1-7-13-4-5-14(7)10-3-2-8(12)6-9(10)11;/h2-6H,12H2,1H3;1H. The number of nitrogens with two attached hydrogens (primary N) is 1. The minimum absolute atomic E-state index is 0. The van der Waals surface area contributed by atoms with Crippen molar-refractivity contribution in [3.63, 3.8) is 0 Å². The van der Waals surface area contributed by atoms with Crippen LogP contribution in [0.5, 0.6) is 0 Å². The van der Waals surface area contributed by atoms with Crippen molar-refractivity contribution in [2.45, 2.75) is 6.92 Å². The predicted octanol–water partition coefficient (Wildman–Crippen LogP) is 2.84. The molecule has 0 bridgehead atoms. The lowest BCUT2D eigenvalue weighted by Gasteiger charge is -2.07. The van der Waals surface area contributed by atoms with Crippen LogP contribution in [0.25, 0.3) is 5.69 Å². The molecular weight excluding hydrogens is 233 g/mol. The maximum atomic E-state index is 6.06. The van der Waals surface area contributed by atoms with Crippen LogP contribution in [-0.4, -0.2) is 9.55 Å². The minimum Gasteiger partial charge on any atom is -0.399 e. The quantitative estimate of drug-likeness (QED) is 0.784. The van der Waals surface area contributed by atoms with Gasteiger partial charge in [0.05, 0.1) is 10.7 Å². The fourth-order valence-electron chi connectivity index (χ4n) is 1.35. The molecule has 0 saturated carbocycles. The third kappa shape index (κ3) is 2.25. The summed E-state index contributed by atoms with van der Waals surface area (Å²) in [7, 11) is 0. The summed E-state index contributed by atoms with van der Waals surface area (Å²) in [5, 5.41) is 0.631. The van der Waals surface area contributed by atoms with Crippen LogP contribution in [0.1, 0.15) is 5.82 Å². The van der Waals surface area contributed by atoms with Crippen molar-refractivity contribution in [2.24, 2.45) is 0 Å². The number of hydrogen-bond acceptors (Lipinski definition) is 2. The molecule has 0 unspecified atom stereocenters. The van der Waals surface area contributed by atoms with Crippen LogP contribution in [0.2, 0.25) is 5.02 Å². The first-order valence-electron chi connectivity index (χ1n) is 4.24. The van der Waals surface area contributed by atoms with Crippen LogP contribution in [-0.2, 0) is 0 Å². The molecule has 0 radical (unpaired) electrons. The zero-order valence-corrected chi connectivity index (χ0v) is 9.72. The van der Waals surface area contributed by atoms with Gasteiger partial charge in [-0.15, -0.1) is 12.4 Å². The monoisotopic (exact) mass is 243 g/mol. The first kappa shape index (κ1) is 11.9. The highest BCUT2D eigenvalue weighted by molar-refractivity contribution is 6.32. The number of anilines is 1. The van der Waals surface area contributed by atoms with Gasteiger partial charge in [0.25, 0.3) is 0 Å². The fraction of sp³-hybridized carbons (Fsp3) is 0.100. The molecule has 2 aromatic rings. The summed E-state index contributed by atoms with van der Waals surface area (Å²) < 4.78 is 1.92. The molecule has 15 heavy (non-hydrogen) atoms. The molecule has 0 aliphatic carbocycles. The predicted molar refractivity (Wildman–Crippen MR) is 65.0 cm³/mol. The fourth-order valence-corrected chi connectivity index (χ4v) is 1.63. The molecule has 80 valence electrons. The van der Waals surface area contributed by atoms with E-state index in [4.69, 9.17) is 17.3 Å². The molecular formula is C10H11Cl2N3. The Morgan fingerprint density at radius 1 is 1.40 bits per heavy atom. The molecule has 3 nitrogen and oxygen atoms in total. The summed E-state index contributed by atoms with van der Waals surface area (Å²) in [6.07, 6.45) is 3.61. The van der Waals surface area contributed by atoms with Crippen LogP contribution in [0.4, 0.5) is 5.69 Å². The molecule has 0 amide bonds. The van der Waals surface area contributed by atoms with Gasteiger partial charge in [-0.25, -0.2) is 4.98 Å². The molecule has 0 fully saturated rings. The second kappa shape index (κ2) is 4.55. The lowest BCUT2D eigenvalue weighted by atomic mass is 10.3. The lowest BCUT2D eigenvalue weighted by molar-refractivity contribution is 0.975. The third-order valence-corrected chi connectivity index (χ3v) is 2.36. The molecule has 1 aromatic carbocycles. The summed E-state index contributed by atoms with van der Waals surface area (Å²) in [6, 6.07) is 5.43. The van der Waals surface area contributed by atoms with Crippen molar-refractivity contribution in [1.82, 2.24) is 9.55 Å². The molecule has 0 atom stereocenters. The first-order valence-corrected chi connectivity index (χ1v) is 4.61. The summed E-state index contributed by atoms with van der Waals surface area (Å²) in [6.45, 7) is 1.92. The van der Waals surface area contributed by atoms with E-state index in [9.17, 15) is 0 Å². The topological polar surface area (TPSA) is 43.8 Å². The maximum absolute atomic E-state index is 6.06. The van der Waals surface area contributed by atoms with Crippen molar-refractivity contribution in [2.75, 3.05) is 5.73 Å². The van der Waals surface area contributed by atoms with Crippen LogP contribution in [0.15, 0.2) is 30.6 Å². The number of halogens is 2. The Kier molecular flexibility index (Phi) is 3.61. The zero-order valence-electron chi connectivity index (χ0n) is 8.14. The Bertz CT molecular complexity index is 465. The average molecular weight is 244 g/mol. The molecule has 2 rings (SSSR count). The second-order valence-electron chi connectivity index (χ2n) is 3.06. The van der Waals surface area contributed by atoms with Crippen molar-refractivity contribution in [3.8, 4) is 5.69 Å². The summed E-state index contributed by atoms with van der Waals surface area (Å²) in [4.78, 5) is 4.13. The van der Waals surface area contributed by atoms with Gasteiger partial charge in [0.1, 0.15) is 5.82 Å². The van der Waals surface area contributed by atoms with E-state index in [1.807, 2.05) is 29.8 Å². The number of hydrogen-bond donors (Lipinski definition) is 1. The molecule has 0 saturated heterocycles. The second-order valence-corrected chi connectivity index (χ2v) is 3.46. The first-order chi connectivity index (χ1) is 6.68. The van der Waals surface area contributed by atoms with Gasteiger partial charge in [-0.1, -0.05) is 11.6 Å². The van der Waals surface area contributed by atoms with E-state index in [0.717, 1.165) is 11.5 Å². The number of nitrogen functional groups attached to an aromatic ring is 1. The molecule has 1 heterocycles. The van der Waals surface area contributed by atoms with E-state index in [0.29, 0.717) is 10.7 Å². The average Bonchev–Trinajstić information content (AvgIpc) is 2.52. The minimum atomic E-state index is 0. The third-order valence-electron chi connectivity index (χ3n) is 2.06. The van der Waals surface area contributed by atoms with Gasteiger partial charge < -0.3 is 10.3 Å². The van der Waals surface area contributed by atoms with Gasteiger partial charge in [0, 0.05) is 18.1 Å². The van der Waals surface area contributed by atoms with Crippen molar-refractivity contribution in [3.05, 3.63) is 41.4 Å². The van der Waals surface area contributed by atoms with E-state index >= 15 is 0 Å². The molecule has 0 spiro atoms. The molecule has 0 aliphatic heterocycles.